The maximum absolute atomic E-state index is 12.2. The van der Waals surface area contributed by atoms with Crippen molar-refractivity contribution in [3.8, 4) is 0 Å². The van der Waals surface area contributed by atoms with E-state index in [2.05, 4.69) is 5.32 Å². The summed E-state index contributed by atoms with van der Waals surface area (Å²) in [5.74, 6) is -1.40. The predicted molar refractivity (Wildman–Crippen MR) is 70.1 cm³/mol. The van der Waals surface area contributed by atoms with Crippen molar-refractivity contribution in [2.24, 2.45) is 5.92 Å². The van der Waals surface area contributed by atoms with Crippen LogP contribution in [-0.2, 0) is 4.79 Å². The normalized spacial score (nSPS) is 23.8. The van der Waals surface area contributed by atoms with Crippen LogP contribution in [0.5, 0.6) is 0 Å². The fourth-order valence-electron chi connectivity index (χ4n) is 2.33. The average molecular weight is 290 g/mol. The molecule has 2 heterocycles. The number of nitrogens with one attached hydrogen (secondary N) is 1. The van der Waals surface area contributed by atoms with Crippen molar-refractivity contribution in [1.82, 2.24) is 5.32 Å². The van der Waals surface area contributed by atoms with Crippen LogP contribution in [0.2, 0.25) is 0 Å². The fraction of sp³-hybridized carbons (Fsp3) is 0.583. The van der Waals surface area contributed by atoms with E-state index in [1.54, 1.807) is 0 Å². The number of hydrogen-bond donors (Lipinski definition) is 2. The molecule has 7 heteroatoms. The zero-order valence-corrected chi connectivity index (χ0v) is 11.1. The van der Waals surface area contributed by atoms with Crippen molar-refractivity contribution in [3.05, 3.63) is 16.8 Å². The van der Waals surface area contributed by atoms with Gasteiger partial charge in [-0.3, -0.25) is 4.79 Å². The first-order chi connectivity index (χ1) is 9.06. The van der Waals surface area contributed by atoms with Crippen molar-refractivity contribution in [3.63, 3.8) is 0 Å². The van der Waals surface area contributed by atoms with Crippen LogP contribution in [0.4, 0.5) is 14.5 Å². The van der Waals surface area contributed by atoms with Gasteiger partial charge in [0, 0.05) is 30.2 Å². The van der Waals surface area contributed by atoms with Gasteiger partial charge in [0.1, 0.15) is 0 Å². The first kappa shape index (κ1) is 14.2. The van der Waals surface area contributed by atoms with Gasteiger partial charge in [0.05, 0.1) is 12.5 Å². The molecule has 19 heavy (non-hydrogen) atoms. The number of nitrogens with zero attached hydrogens (tertiary/aromatic N) is 1. The Morgan fingerprint density at radius 3 is 2.95 bits per heavy atom. The monoisotopic (exact) mass is 290 g/mol. The van der Waals surface area contributed by atoms with Crippen molar-refractivity contribution in [2.75, 3.05) is 24.5 Å². The molecule has 0 aliphatic carbocycles. The summed E-state index contributed by atoms with van der Waals surface area (Å²) in [6, 6.07) is 1.70. The molecular formula is C12H16F2N2O2S. The molecule has 0 spiro atoms. The van der Waals surface area contributed by atoms with Gasteiger partial charge in [-0.05, 0) is 17.9 Å². The third-order valence-electron chi connectivity index (χ3n) is 3.23. The molecule has 1 aliphatic rings. The number of rotatable bonds is 5. The zero-order chi connectivity index (χ0) is 13.8. The lowest BCUT2D eigenvalue weighted by molar-refractivity contribution is -0.142. The van der Waals surface area contributed by atoms with Crippen LogP contribution in [-0.4, -0.2) is 43.2 Å². The van der Waals surface area contributed by atoms with E-state index in [-0.39, 0.29) is 6.04 Å². The first-order valence-electron chi connectivity index (χ1n) is 6.07. The molecule has 1 saturated heterocycles. The minimum atomic E-state index is -2.42. The topological polar surface area (TPSA) is 52.6 Å². The Kier molecular flexibility index (Phi) is 4.71. The molecule has 2 N–H and O–H groups in total. The minimum absolute atomic E-state index is 0.219. The average Bonchev–Trinajstić information content (AvgIpc) is 2.89. The molecule has 1 aromatic heterocycles. The van der Waals surface area contributed by atoms with Gasteiger partial charge >= 0.3 is 5.97 Å². The molecule has 0 radical (unpaired) electrons. The van der Waals surface area contributed by atoms with Crippen LogP contribution in [0.15, 0.2) is 16.8 Å². The highest BCUT2D eigenvalue weighted by Crippen LogP contribution is 2.25. The molecule has 4 nitrogen and oxygen atoms in total. The Morgan fingerprint density at radius 2 is 2.37 bits per heavy atom. The molecule has 1 aliphatic heterocycles. The van der Waals surface area contributed by atoms with Gasteiger partial charge in [-0.15, -0.1) is 0 Å². The molecule has 0 amide bonds. The molecular weight excluding hydrogens is 274 g/mol. The first-order valence-corrected chi connectivity index (χ1v) is 7.02. The molecule has 0 saturated carbocycles. The molecule has 0 bridgehead atoms. The Labute approximate surface area is 114 Å². The van der Waals surface area contributed by atoms with Gasteiger partial charge in [-0.2, -0.15) is 11.3 Å². The second-order valence-electron chi connectivity index (χ2n) is 4.65. The Hall–Kier alpha value is -1.21. The summed E-state index contributed by atoms with van der Waals surface area (Å²) in [4.78, 5) is 13.1. The summed E-state index contributed by atoms with van der Waals surface area (Å²) in [6.07, 6.45) is -2.03. The van der Waals surface area contributed by atoms with E-state index in [9.17, 15) is 13.6 Å². The van der Waals surface area contributed by atoms with E-state index >= 15 is 0 Å². The summed E-state index contributed by atoms with van der Waals surface area (Å²) in [5, 5.41) is 15.8. The highest BCUT2D eigenvalue weighted by atomic mass is 32.1. The molecule has 2 unspecified atom stereocenters. The summed E-state index contributed by atoms with van der Waals surface area (Å²) in [6.45, 7) is 0.598. The third kappa shape index (κ3) is 3.87. The molecule has 2 atom stereocenters. The molecule has 1 fully saturated rings. The zero-order valence-electron chi connectivity index (χ0n) is 10.3. The Balaban J connectivity index is 2.02. The van der Waals surface area contributed by atoms with E-state index in [0.29, 0.717) is 19.5 Å². The van der Waals surface area contributed by atoms with Gasteiger partial charge in [0.2, 0.25) is 0 Å². The number of piperidine rings is 1. The van der Waals surface area contributed by atoms with Gasteiger partial charge in [-0.25, -0.2) is 8.78 Å². The maximum atomic E-state index is 12.2. The van der Waals surface area contributed by atoms with Crippen LogP contribution in [0, 0.1) is 5.92 Å². The largest absolute Gasteiger partial charge is 0.481 e. The van der Waals surface area contributed by atoms with Crippen LogP contribution in [0.3, 0.4) is 0 Å². The molecule has 1 aromatic rings. The van der Waals surface area contributed by atoms with Gasteiger partial charge < -0.3 is 15.3 Å². The van der Waals surface area contributed by atoms with Crippen molar-refractivity contribution < 1.29 is 18.7 Å². The maximum Gasteiger partial charge on any atom is 0.308 e. The van der Waals surface area contributed by atoms with Gasteiger partial charge in [0.15, 0.2) is 0 Å². The number of alkyl halides is 2. The summed E-state index contributed by atoms with van der Waals surface area (Å²) >= 11 is 1.53. The van der Waals surface area contributed by atoms with Crippen LogP contribution in [0.1, 0.15) is 6.42 Å². The summed E-state index contributed by atoms with van der Waals surface area (Å²) in [5.41, 5.74) is 0.958. The second-order valence-corrected chi connectivity index (χ2v) is 5.43. The standard InChI is InChI=1S/C12H16F2N2O2S/c13-11(14)4-15-9-3-8(12(17)18)5-16(6-9)10-1-2-19-7-10/h1-2,7-9,11,15H,3-6H2,(H,17,18). The van der Waals surface area contributed by atoms with Crippen LogP contribution in [0.25, 0.3) is 0 Å². The Morgan fingerprint density at radius 1 is 1.58 bits per heavy atom. The molecule has 2 rings (SSSR count). The van der Waals surface area contributed by atoms with Crippen molar-refractivity contribution >= 4 is 23.0 Å². The van der Waals surface area contributed by atoms with E-state index in [1.165, 1.54) is 11.3 Å². The van der Waals surface area contributed by atoms with Crippen LogP contribution >= 0.6 is 11.3 Å². The lowest BCUT2D eigenvalue weighted by atomic mass is 9.94. The fourth-order valence-corrected chi connectivity index (χ4v) is 2.99. The lowest BCUT2D eigenvalue weighted by Crippen LogP contribution is -2.51. The quantitative estimate of drug-likeness (QED) is 0.869. The number of anilines is 1. The molecule has 106 valence electrons. The number of carbonyl (C=O) groups is 1. The van der Waals surface area contributed by atoms with E-state index < -0.39 is 24.9 Å². The third-order valence-corrected chi connectivity index (χ3v) is 3.90. The summed E-state index contributed by atoms with van der Waals surface area (Å²) < 4.78 is 24.5. The minimum Gasteiger partial charge on any atom is -0.481 e. The molecule has 0 aromatic carbocycles. The SMILES string of the molecule is O=C(O)C1CC(NCC(F)F)CN(c2ccsc2)C1. The predicted octanol–water partition coefficient (Wildman–Crippen LogP) is 1.88. The van der Waals surface area contributed by atoms with Crippen molar-refractivity contribution in [2.45, 2.75) is 18.9 Å². The van der Waals surface area contributed by atoms with Gasteiger partial charge in [-0.1, -0.05) is 0 Å². The number of halogens is 2. The smallest absolute Gasteiger partial charge is 0.308 e. The van der Waals surface area contributed by atoms with E-state index in [1.807, 2.05) is 21.7 Å². The number of aliphatic carboxylic acids is 1. The number of carboxylic acid groups (broad SMARTS) is 1. The lowest BCUT2D eigenvalue weighted by Gasteiger charge is -2.37. The number of carboxylic acids is 1. The van der Waals surface area contributed by atoms with E-state index in [0.717, 1.165) is 5.69 Å². The highest BCUT2D eigenvalue weighted by molar-refractivity contribution is 7.08. The highest BCUT2D eigenvalue weighted by Gasteiger charge is 2.31. The van der Waals surface area contributed by atoms with Gasteiger partial charge in [0.25, 0.3) is 6.43 Å². The summed E-state index contributed by atoms with van der Waals surface area (Å²) in [7, 11) is 0. The second kappa shape index (κ2) is 6.29. The number of hydrogen-bond acceptors (Lipinski definition) is 4. The van der Waals surface area contributed by atoms with Crippen molar-refractivity contribution in [1.29, 1.82) is 0 Å². The number of thiophene rings is 1. The Bertz CT molecular complexity index is 414. The van der Waals surface area contributed by atoms with Crippen LogP contribution < -0.4 is 10.2 Å². The van der Waals surface area contributed by atoms with E-state index in [4.69, 9.17) is 5.11 Å².